The Bertz CT molecular complexity index is 922. The number of aromatic amines is 1. The van der Waals surface area contributed by atoms with Gasteiger partial charge in [-0.05, 0) is 19.1 Å². The number of nitrogens with zero attached hydrogens (tertiary/aromatic N) is 4. The van der Waals surface area contributed by atoms with E-state index < -0.39 is 11.7 Å². The lowest BCUT2D eigenvalue weighted by Gasteiger charge is -2.30. The van der Waals surface area contributed by atoms with E-state index in [1.165, 1.54) is 6.07 Å². The fourth-order valence-electron chi connectivity index (χ4n) is 3.29. The van der Waals surface area contributed by atoms with Crippen molar-refractivity contribution in [3.8, 4) is 0 Å². The molecule has 4 rings (SSSR count). The van der Waals surface area contributed by atoms with Crippen LogP contribution in [0.3, 0.4) is 0 Å². The summed E-state index contributed by atoms with van der Waals surface area (Å²) in [5.41, 5.74) is 2.36. The highest BCUT2D eigenvalue weighted by Gasteiger charge is 2.33. The predicted octanol–water partition coefficient (Wildman–Crippen LogP) is 3.19. The number of imidazole rings is 1. The molecule has 0 bridgehead atoms. The number of halogens is 3. The third-order valence-electron chi connectivity index (χ3n) is 4.68. The number of aromatic nitrogens is 4. The SMILES string of the molecule is Cc1nc2c(n1C)CN(c1cc(C(F)(F)F)cc3[nH]ncc13)CC2. The van der Waals surface area contributed by atoms with E-state index in [0.29, 0.717) is 36.1 Å². The largest absolute Gasteiger partial charge is 0.416 e. The van der Waals surface area contributed by atoms with Crippen LogP contribution in [0.4, 0.5) is 18.9 Å². The number of alkyl halides is 3. The first kappa shape index (κ1) is 15.0. The van der Waals surface area contributed by atoms with Crippen LogP contribution in [0.2, 0.25) is 0 Å². The Balaban J connectivity index is 1.82. The molecule has 3 heterocycles. The van der Waals surface area contributed by atoms with Crippen LogP contribution in [0.15, 0.2) is 18.3 Å². The van der Waals surface area contributed by atoms with E-state index in [4.69, 9.17) is 0 Å². The topological polar surface area (TPSA) is 49.7 Å². The van der Waals surface area contributed by atoms with Gasteiger partial charge in [-0.1, -0.05) is 0 Å². The predicted molar refractivity (Wildman–Crippen MR) is 83.8 cm³/mol. The Labute approximate surface area is 136 Å². The summed E-state index contributed by atoms with van der Waals surface area (Å²) >= 11 is 0. The second-order valence-electron chi connectivity index (χ2n) is 6.11. The third kappa shape index (κ3) is 2.24. The highest BCUT2D eigenvalue weighted by atomic mass is 19.4. The Morgan fingerprint density at radius 2 is 2.04 bits per heavy atom. The van der Waals surface area contributed by atoms with Crippen molar-refractivity contribution in [1.82, 2.24) is 19.7 Å². The first-order valence-corrected chi connectivity index (χ1v) is 7.65. The number of benzene rings is 1. The number of fused-ring (bicyclic) bond motifs is 2. The number of nitrogens with one attached hydrogen (secondary N) is 1. The fraction of sp³-hybridized carbons (Fsp3) is 0.375. The molecule has 2 aromatic heterocycles. The van der Waals surface area contributed by atoms with Crippen molar-refractivity contribution in [3.63, 3.8) is 0 Å². The highest BCUT2D eigenvalue weighted by Crippen LogP contribution is 2.37. The maximum absolute atomic E-state index is 13.2. The van der Waals surface area contributed by atoms with E-state index in [0.717, 1.165) is 23.3 Å². The maximum Gasteiger partial charge on any atom is 0.416 e. The number of rotatable bonds is 1. The number of hydrogen-bond donors (Lipinski definition) is 1. The van der Waals surface area contributed by atoms with Gasteiger partial charge >= 0.3 is 6.18 Å². The fourth-order valence-corrected chi connectivity index (χ4v) is 3.29. The van der Waals surface area contributed by atoms with Gasteiger partial charge in [0.2, 0.25) is 0 Å². The second kappa shape index (κ2) is 4.99. The summed E-state index contributed by atoms with van der Waals surface area (Å²) in [6.07, 6.45) is -2.10. The van der Waals surface area contributed by atoms with E-state index >= 15 is 0 Å². The molecule has 3 aromatic rings. The molecule has 8 heteroatoms. The van der Waals surface area contributed by atoms with Crippen molar-refractivity contribution in [1.29, 1.82) is 0 Å². The lowest BCUT2D eigenvalue weighted by molar-refractivity contribution is -0.137. The van der Waals surface area contributed by atoms with E-state index in [-0.39, 0.29) is 0 Å². The standard InChI is InChI=1S/C16H16F3N5/c1-9-21-12-3-4-24(8-15(12)23(9)2)14-6-10(16(17,18)19)5-13-11(14)7-20-22-13/h5-7H,3-4,8H2,1-2H3,(H,20,22). The molecular formula is C16H16F3N5. The highest BCUT2D eigenvalue weighted by molar-refractivity contribution is 5.92. The number of H-pyrrole nitrogens is 1. The summed E-state index contributed by atoms with van der Waals surface area (Å²) in [7, 11) is 1.93. The number of hydrogen-bond acceptors (Lipinski definition) is 3. The summed E-state index contributed by atoms with van der Waals surface area (Å²) in [4.78, 5) is 6.49. The van der Waals surface area contributed by atoms with E-state index in [1.54, 1.807) is 6.20 Å². The van der Waals surface area contributed by atoms with E-state index in [1.807, 2.05) is 23.4 Å². The van der Waals surface area contributed by atoms with Gasteiger partial charge in [0.05, 0.1) is 35.2 Å². The molecule has 0 atom stereocenters. The summed E-state index contributed by atoms with van der Waals surface area (Å²) in [5.74, 6) is 0.916. The summed E-state index contributed by atoms with van der Waals surface area (Å²) in [6, 6.07) is 2.32. The minimum absolute atomic E-state index is 0.395. The van der Waals surface area contributed by atoms with Crippen molar-refractivity contribution < 1.29 is 13.2 Å². The molecule has 0 unspecified atom stereocenters. The second-order valence-corrected chi connectivity index (χ2v) is 6.11. The van der Waals surface area contributed by atoms with Gasteiger partial charge in [-0.15, -0.1) is 0 Å². The van der Waals surface area contributed by atoms with Gasteiger partial charge in [-0.2, -0.15) is 18.3 Å². The molecule has 126 valence electrons. The monoisotopic (exact) mass is 335 g/mol. The van der Waals surface area contributed by atoms with Crippen LogP contribution in [-0.4, -0.2) is 26.3 Å². The molecule has 0 saturated heterocycles. The molecule has 0 spiro atoms. The van der Waals surface area contributed by atoms with E-state index in [9.17, 15) is 13.2 Å². The lowest BCUT2D eigenvalue weighted by atomic mass is 10.1. The normalized spacial score (nSPS) is 15.1. The first-order valence-electron chi connectivity index (χ1n) is 7.65. The van der Waals surface area contributed by atoms with Crippen molar-refractivity contribution in [2.75, 3.05) is 11.4 Å². The molecule has 0 saturated carbocycles. The summed E-state index contributed by atoms with van der Waals surface area (Å²) < 4.78 is 41.6. The molecular weight excluding hydrogens is 319 g/mol. The Morgan fingerprint density at radius 1 is 1.25 bits per heavy atom. The van der Waals surface area contributed by atoms with Crippen molar-refractivity contribution in [2.45, 2.75) is 26.1 Å². The molecule has 0 radical (unpaired) electrons. The Morgan fingerprint density at radius 3 is 2.79 bits per heavy atom. The molecule has 5 nitrogen and oxygen atoms in total. The van der Waals surface area contributed by atoms with E-state index in [2.05, 4.69) is 15.2 Å². The summed E-state index contributed by atoms with van der Waals surface area (Å²) in [6.45, 7) is 3.10. The molecule has 1 aliphatic heterocycles. The smallest absolute Gasteiger partial charge is 0.365 e. The van der Waals surface area contributed by atoms with Crippen LogP contribution >= 0.6 is 0 Å². The van der Waals surface area contributed by atoms with Crippen LogP contribution in [0.1, 0.15) is 22.8 Å². The lowest BCUT2D eigenvalue weighted by Crippen LogP contribution is -2.31. The minimum atomic E-state index is -4.39. The van der Waals surface area contributed by atoms with Gasteiger partial charge < -0.3 is 9.47 Å². The van der Waals surface area contributed by atoms with Gasteiger partial charge in [0.1, 0.15) is 5.82 Å². The van der Waals surface area contributed by atoms with Gasteiger partial charge in [0.15, 0.2) is 0 Å². The number of anilines is 1. The molecule has 1 aromatic carbocycles. The van der Waals surface area contributed by atoms with Gasteiger partial charge in [0.25, 0.3) is 0 Å². The van der Waals surface area contributed by atoms with Crippen LogP contribution in [0, 0.1) is 6.92 Å². The van der Waals surface area contributed by atoms with Crippen LogP contribution in [0.25, 0.3) is 10.9 Å². The molecule has 24 heavy (non-hydrogen) atoms. The molecule has 0 aliphatic carbocycles. The van der Waals surface area contributed by atoms with Crippen LogP contribution < -0.4 is 4.90 Å². The quantitative estimate of drug-likeness (QED) is 0.743. The van der Waals surface area contributed by atoms with Crippen LogP contribution in [0.5, 0.6) is 0 Å². The van der Waals surface area contributed by atoms with Crippen molar-refractivity contribution in [2.24, 2.45) is 7.05 Å². The molecule has 1 aliphatic rings. The third-order valence-corrected chi connectivity index (χ3v) is 4.68. The Hall–Kier alpha value is -2.51. The summed E-state index contributed by atoms with van der Waals surface area (Å²) in [5, 5.41) is 7.26. The van der Waals surface area contributed by atoms with Crippen molar-refractivity contribution in [3.05, 3.63) is 41.1 Å². The molecule has 0 amide bonds. The minimum Gasteiger partial charge on any atom is -0.365 e. The average Bonchev–Trinajstić information content (AvgIpc) is 3.11. The molecule has 0 fully saturated rings. The molecule has 1 N–H and O–H groups in total. The zero-order valence-electron chi connectivity index (χ0n) is 13.3. The Kier molecular flexibility index (Phi) is 3.13. The first-order chi connectivity index (χ1) is 11.3. The zero-order valence-corrected chi connectivity index (χ0v) is 13.3. The van der Waals surface area contributed by atoms with Crippen LogP contribution in [-0.2, 0) is 26.2 Å². The maximum atomic E-state index is 13.2. The number of aryl methyl sites for hydroxylation is 1. The van der Waals surface area contributed by atoms with Gasteiger partial charge in [-0.3, -0.25) is 5.10 Å². The zero-order chi connectivity index (χ0) is 17.1. The average molecular weight is 335 g/mol. The van der Waals surface area contributed by atoms with Gasteiger partial charge in [-0.25, -0.2) is 4.98 Å². The van der Waals surface area contributed by atoms with Gasteiger partial charge in [0, 0.05) is 31.1 Å². The van der Waals surface area contributed by atoms with Crippen molar-refractivity contribution >= 4 is 16.6 Å².